The Morgan fingerprint density at radius 2 is 2.00 bits per heavy atom. The zero-order valence-corrected chi connectivity index (χ0v) is 15.0. The van der Waals surface area contributed by atoms with Gasteiger partial charge in [0.2, 0.25) is 0 Å². The van der Waals surface area contributed by atoms with E-state index in [1.165, 1.54) is 6.07 Å². The number of benzene rings is 1. The summed E-state index contributed by atoms with van der Waals surface area (Å²) in [5, 5.41) is 2.77. The molecule has 144 valence electrons. The smallest absolute Gasteiger partial charge is 0.317 e. The third-order valence-electron chi connectivity index (χ3n) is 4.15. The normalized spacial score (nSPS) is 16.1. The average molecular weight is 370 g/mol. The summed E-state index contributed by atoms with van der Waals surface area (Å²) < 4.78 is 36.7. The van der Waals surface area contributed by atoms with Gasteiger partial charge in [0.1, 0.15) is 12.4 Å². The lowest BCUT2D eigenvalue weighted by molar-refractivity contribution is -0.149. The van der Waals surface area contributed by atoms with Crippen molar-refractivity contribution in [2.45, 2.75) is 32.7 Å². The van der Waals surface area contributed by atoms with Crippen LogP contribution in [-0.2, 0) is 9.53 Å². The van der Waals surface area contributed by atoms with E-state index in [0.717, 1.165) is 12.1 Å². The largest absolute Gasteiger partial charge is 0.488 e. The van der Waals surface area contributed by atoms with Gasteiger partial charge in [-0.3, -0.25) is 4.79 Å². The van der Waals surface area contributed by atoms with Crippen LogP contribution < -0.4 is 10.1 Å². The molecule has 0 bridgehead atoms. The van der Waals surface area contributed by atoms with Crippen molar-refractivity contribution in [3.05, 3.63) is 29.8 Å². The second-order valence-electron chi connectivity index (χ2n) is 6.25. The van der Waals surface area contributed by atoms with Crippen LogP contribution in [0.3, 0.4) is 0 Å². The minimum absolute atomic E-state index is 0.0492. The Bertz CT molecular complexity index is 634. The van der Waals surface area contributed by atoms with Gasteiger partial charge in [0.15, 0.2) is 11.6 Å². The van der Waals surface area contributed by atoms with E-state index < -0.39 is 11.6 Å². The Kier molecular flexibility index (Phi) is 7.17. The summed E-state index contributed by atoms with van der Waals surface area (Å²) in [6.07, 6.45) is 1.13. The summed E-state index contributed by atoms with van der Waals surface area (Å²) in [6.45, 7) is 4.83. The van der Waals surface area contributed by atoms with E-state index in [4.69, 9.17) is 9.47 Å². The minimum Gasteiger partial charge on any atom is -0.488 e. The number of nitrogens with one attached hydrogen (secondary N) is 1. The molecule has 26 heavy (non-hydrogen) atoms. The molecule has 2 amide bonds. The van der Waals surface area contributed by atoms with Crippen molar-refractivity contribution in [2.75, 3.05) is 26.3 Å². The first-order chi connectivity index (χ1) is 12.4. The maximum Gasteiger partial charge on any atom is 0.317 e. The van der Waals surface area contributed by atoms with Gasteiger partial charge in [0.05, 0.1) is 18.6 Å². The molecular weight excluding hydrogens is 346 g/mol. The molecule has 8 heteroatoms. The summed E-state index contributed by atoms with van der Waals surface area (Å²) in [7, 11) is 0. The molecule has 6 nitrogen and oxygen atoms in total. The van der Waals surface area contributed by atoms with Crippen LogP contribution in [0.25, 0.3) is 0 Å². The molecule has 0 saturated carbocycles. The molecule has 1 unspecified atom stereocenters. The summed E-state index contributed by atoms with van der Waals surface area (Å²) in [6, 6.07) is 2.43. The molecule has 1 saturated heterocycles. The van der Waals surface area contributed by atoms with Gasteiger partial charge in [-0.2, -0.15) is 0 Å². The predicted octanol–water partition coefficient (Wildman–Crippen LogP) is 2.72. The highest BCUT2D eigenvalue weighted by molar-refractivity contribution is 5.76. The molecule has 1 atom stereocenters. The first-order valence-electron chi connectivity index (χ1n) is 8.70. The van der Waals surface area contributed by atoms with Crippen LogP contribution in [0.1, 0.15) is 26.7 Å². The number of carbonyl (C=O) groups is 2. The van der Waals surface area contributed by atoms with Crippen molar-refractivity contribution >= 4 is 12.0 Å². The lowest BCUT2D eigenvalue weighted by atomic mass is 9.97. The Labute approximate surface area is 151 Å². The van der Waals surface area contributed by atoms with Crippen molar-refractivity contribution in [3.8, 4) is 5.75 Å². The number of esters is 1. The second kappa shape index (κ2) is 9.35. The van der Waals surface area contributed by atoms with Gasteiger partial charge in [-0.1, -0.05) is 0 Å². The highest BCUT2D eigenvalue weighted by Crippen LogP contribution is 2.19. The van der Waals surface area contributed by atoms with Gasteiger partial charge < -0.3 is 19.7 Å². The SMILES string of the molecule is CCOC(=O)C1CCN(C(=O)NC(C)COc2ccc(F)cc2F)CC1. The Balaban J connectivity index is 1.74. The fourth-order valence-electron chi connectivity index (χ4n) is 2.73. The second-order valence-corrected chi connectivity index (χ2v) is 6.25. The number of hydrogen-bond donors (Lipinski definition) is 1. The first-order valence-corrected chi connectivity index (χ1v) is 8.70. The van der Waals surface area contributed by atoms with Crippen molar-refractivity contribution in [1.82, 2.24) is 10.2 Å². The van der Waals surface area contributed by atoms with Gasteiger partial charge in [0.25, 0.3) is 0 Å². The van der Waals surface area contributed by atoms with Crippen LogP contribution in [0.2, 0.25) is 0 Å². The fraction of sp³-hybridized carbons (Fsp3) is 0.556. The Morgan fingerprint density at radius 3 is 2.62 bits per heavy atom. The predicted molar refractivity (Wildman–Crippen MR) is 90.8 cm³/mol. The number of carbonyl (C=O) groups excluding carboxylic acids is 2. The fourth-order valence-corrected chi connectivity index (χ4v) is 2.73. The van der Waals surface area contributed by atoms with Gasteiger partial charge in [-0.15, -0.1) is 0 Å². The monoisotopic (exact) mass is 370 g/mol. The van der Waals surface area contributed by atoms with Gasteiger partial charge in [-0.25, -0.2) is 13.6 Å². The van der Waals surface area contributed by atoms with Gasteiger partial charge in [-0.05, 0) is 38.8 Å². The van der Waals surface area contributed by atoms with Gasteiger partial charge >= 0.3 is 12.0 Å². The molecular formula is C18H24F2N2O4. The highest BCUT2D eigenvalue weighted by atomic mass is 19.1. The molecule has 1 aromatic carbocycles. The number of amides is 2. The topological polar surface area (TPSA) is 67.9 Å². The number of hydrogen-bond acceptors (Lipinski definition) is 4. The first kappa shape index (κ1) is 19.9. The molecule has 0 spiro atoms. The van der Waals surface area contributed by atoms with Crippen molar-refractivity contribution in [2.24, 2.45) is 5.92 Å². The van der Waals surface area contributed by atoms with E-state index in [9.17, 15) is 18.4 Å². The standard InChI is InChI=1S/C18H24F2N2O4/c1-3-25-17(23)13-6-8-22(9-7-13)18(24)21-12(2)11-26-16-5-4-14(19)10-15(16)20/h4-5,10,12-13H,3,6-9,11H2,1-2H3,(H,21,24). The summed E-state index contributed by atoms with van der Waals surface area (Å²) in [4.78, 5) is 25.6. The molecule has 0 aliphatic carbocycles. The van der Waals surface area contributed by atoms with Crippen molar-refractivity contribution in [3.63, 3.8) is 0 Å². The quantitative estimate of drug-likeness (QED) is 0.782. The Hall–Kier alpha value is -2.38. The number of ether oxygens (including phenoxy) is 2. The molecule has 0 radical (unpaired) electrons. The summed E-state index contributed by atoms with van der Waals surface area (Å²) in [5.41, 5.74) is 0. The van der Waals surface area contributed by atoms with Crippen LogP contribution in [0.4, 0.5) is 13.6 Å². The highest BCUT2D eigenvalue weighted by Gasteiger charge is 2.28. The number of likely N-dealkylation sites (tertiary alicyclic amines) is 1. The van der Waals surface area contributed by atoms with Gasteiger partial charge in [0, 0.05) is 19.2 Å². The maximum absolute atomic E-state index is 13.5. The molecule has 0 aromatic heterocycles. The summed E-state index contributed by atoms with van der Waals surface area (Å²) >= 11 is 0. The van der Waals surface area contributed by atoms with E-state index in [1.807, 2.05) is 0 Å². The molecule has 2 rings (SSSR count). The molecule has 1 aliphatic rings. The van der Waals surface area contributed by atoms with E-state index in [2.05, 4.69) is 5.32 Å². The number of piperidine rings is 1. The maximum atomic E-state index is 13.5. The molecule has 1 heterocycles. The third kappa shape index (κ3) is 5.57. The molecule has 1 aliphatic heterocycles. The molecule has 1 fully saturated rings. The van der Waals surface area contributed by atoms with Crippen molar-refractivity contribution in [1.29, 1.82) is 0 Å². The van der Waals surface area contributed by atoms with Crippen LogP contribution in [0.5, 0.6) is 5.75 Å². The number of rotatable bonds is 6. The summed E-state index contributed by atoms with van der Waals surface area (Å²) in [5.74, 6) is -1.91. The van der Waals surface area contributed by atoms with E-state index in [-0.39, 0.29) is 36.3 Å². The molecule has 1 N–H and O–H groups in total. The average Bonchev–Trinajstić information content (AvgIpc) is 2.61. The Morgan fingerprint density at radius 1 is 1.31 bits per heavy atom. The number of urea groups is 1. The van der Waals surface area contributed by atoms with E-state index >= 15 is 0 Å². The molecule has 1 aromatic rings. The number of nitrogens with zero attached hydrogens (tertiary/aromatic N) is 1. The van der Waals surface area contributed by atoms with E-state index in [1.54, 1.807) is 18.7 Å². The zero-order valence-electron chi connectivity index (χ0n) is 15.0. The number of halogens is 2. The van der Waals surface area contributed by atoms with Crippen LogP contribution >= 0.6 is 0 Å². The zero-order chi connectivity index (χ0) is 19.1. The van der Waals surface area contributed by atoms with Crippen LogP contribution in [-0.4, -0.2) is 49.2 Å². The lowest BCUT2D eigenvalue weighted by Crippen LogP contribution is -2.49. The third-order valence-corrected chi connectivity index (χ3v) is 4.15. The lowest BCUT2D eigenvalue weighted by Gasteiger charge is -2.31. The van der Waals surface area contributed by atoms with Crippen LogP contribution in [0, 0.1) is 17.6 Å². The van der Waals surface area contributed by atoms with E-state index in [0.29, 0.717) is 32.5 Å². The minimum atomic E-state index is -0.787. The van der Waals surface area contributed by atoms with Crippen LogP contribution in [0.15, 0.2) is 18.2 Å². The van der Waals surface area contributed by atoms with Crippen molar-refractivity contribution < 1.29 is 27.8 Å².